The first-order valence-electron chi connectivity index (χ1n) is 7.71. The zero-order chi connectivity index (χ0) is 17.1. The van der Waals surface area contributed by atoms with Gasteiger partial charge in [0.15, 0.2) is 5.78 Å². The van der Waals surface area contributed by atoms with E-state index < -0.39 is 0 Å². The number of aryl methyl sites for hydroxylation is 2. The van der Waals surface area contributed by atoms with Crippen LogP contribution in [0.2, 0.25) is 0 Å². The molecule has 0 unspecified atom stereocenters. The molecule has 0 fully saturated rings. The number of rotatable bonds is 5. The molecule has 2 aromatic carbocycles. The fourth-order valence-corrected chi connectivity index (χ4v) is 3.10. The van der Waals surface area contributed by atoms with Gasteiger partial charge in [0.25, 0.3) is 5.22 Å². The number of aromatic nitrogens is 2. The Morgan fingerprint density at radius 2 is 1.75 bits per heavy atom. The first kappa shape index (κ1) is 16.5. The van der Waals surface area contributed by atoms with Gasteiger partial charge in [0.1, 0.15) is 0 Å². The summed E-state index contributed by atoms with van der Waals surface area (Å²) in [5, 5.41) is 8.26. The van der Waals surface area contributed by atoms with Gasteiger partial charge in [0.2, 0.25) is 5.89 Å². The minimum Gasteiger partial charge on any atom is -0.411 e. The highest BCUT2D eigenvalue weighted by molar-refractivity contribution is 8.00. The molecule has 0 amide bonds. The Bertz CT molecular complexity index is 856. The van der Waals surface area contributed by atoms with E-state index in [0.717, 1.165) is 16.7 Å². The quantitative estimate of drug-likeness (QED) is 0.498. The number of thioether (sulfide) groups is 1. The average molecular weight is 338 g/mol. The molecule has 0 aliphatic heterocycles. The Morgan fingerprint density at radius 1 is 1.04 bits per heavy atom. The summed E-state index contributed by atoms with van der Waals surface area (Å²) in [6, 6.07) is 15.4. The smallest absolute Gasteiger partial charge is 0.277 e. The molecule has 0 aliphatic carbocycles. The zero-order valence-electron chi connectivity index (χ0n) is 13.8. The standard InChI is InChI=1S/C19H18N2O2S/c1-12-8-10-15(11-9-12)17(22)14(3)24-19-21-20-18(23-19)16-7-5-4-6-13(16)2/h4-11,14H,1-3H3/t14-/m0/s1. The second-order valence-electron chi connectivity index (χ2n) is 5.68. The third-order valence-electron chi connectivity index (χ3n) is 3.76. The van der Waals surface area contributed by atoms with Crippen LogP contribution >= 0.6 is 11.8 Å². The average Bonchev–Trinajstić information content (AvgIpc) is 3.03. The van der Waals surface area contributed by atoms with Gasteiger partial charge in [-0.15, -0.1) is 10.2 Å². The van der Waals surface area contributed by atoms with E-state index in [4.69, 9.17) is 4.42 Å². The van der Waals surface area contributed by atoms with E-state index >= 15 is 0 Å². The summed E-state index contributed by atoms with van der Waals surface area (Å²) < 4.78 is 5.71. The van der Waals surface area contributed by atoms with Crippen molar-refractivity contribution in [2.75, 3.05) is 0 Å². The van der Waals surface area contributed by atoms with Gasteiger partial charge >= 0.3 is 0 Å². The lowest BCUT2D eigenvalue weighted by Crippen LogP contribution is -2.13. The van der Waals surface area contributed by atoms with Crippen LogP contribution in [0.4, 0.5) is 0 Å². The number of Topliss-reactive ketones (excluding diaryl/α,β-unsaturated/α-hetero) is 1. The summed E-state index contributed by atoms with van der Waals surface area (Å²) in [7, 11) is 0. The largest absolute Gasteiger partial charge is 0.411 e. The van der Waals surface area contributed by atoms with Crippen LogP contribution < -0.4 is 0 Å². The minimum absolute atomic E-state index is 0.0515. The molecule has 1 aromatic heterocycles. The van der Waals surface area contributed by atoms with Gasteiger partial charge in [-0.25, -0.2) is 0 Å². The van der Waals surface area contributed by atoms with Gasteiger partial charge in [-0.05, 0) is 32.4 Å². The molecule has 122 valence electrons. The number of carbonyl (C=O) groups is 1. The number of carbonyl (C=O) groups excluding carboxylic acids is 1. The topological polar surface area (TPSA) is 56.0 Å². The summed E-state index contributed by atoms with van der Waals surface area (Å²) in [5.41, 5.74) is 3.81. The highest BCUT2D eigenvalue weighted by Gasteiger charge is 2.20. The lowest BCUT2D eigenvalue weighted by molar-refractivity contribution is 0.0993. The van der Waals surface area contributed by atoms with Crippen molar-refractivity contribution in [1.29, 1.82) is 0 Å². The zero-order valence-corrected chi connectivity index (χ0v) is 14.6. The first-order chi connectivity index (χ1) is 11.5. The van der Waals surface area contributed by atoms with E-state index in [2.05, 4.69) is 10.2 Å². The molecule has 0 spiro atoms. The molecule has 24 heavy (non-hydrogen) atoms. The Labute approximate surface area is 145 Å². The lowest BCUT2D eigenvalue weighted by Gasteiger charge is -2.07. The van der Waals surface area contributed by atoms with Crippen molar-refractivity contribution >= 4 is 17.5 Å². The van der Waals surface area contributed by atoms with Crippen molar-refractivity contribution in [2.45, 2.75) is 31.2 Å². The van der Waals surface area contributed by atoms with Gasteiger partial charge in [0.05, 0.1) is 5.25 Å². The molecule has 5 heteroatoms. The van der Waals surface area contributed by atoms with E-state index in [0.29, 0.717) is 16.7 Å². The van der Waals surface area contributed by atoms with Crippen molar-refractivity contribution in [1.82, 2.24) is 10.2 Å². The molecule has 0 saturated carbocycles. The highest BCUT2D eigenvalue weighted by Crippen LogP contribution is 2.29. The minimum atomic E-state index is -0.294. The van der Waals surface area contributed by atoms with E-state index in [-0.39, 0.29) is 11.0 Å². The summed E-state index contributed by atoms with van der Waals surface area (Å²) in [6.07, 6.45) is 0. The lowest BCUT2D eigenvalue weighted by atomic mass is 10.1. The van der Waals surface area contributed by atoms with Crippen molar-refractivity contribution in [3.63, 3.8) is 0 Å². The van der Waals surface area contributed by atoms with Crippen LogP contribution in [0.25, 0.3) is 11.5 Å². The molecule has 3 aromatic rings. The van der Waals surface area contributed by atoms with Crippen molar-refractivity contribution in [2.24, 2.45) is 0 Å². The molecule has 0 aliphatic rings. The van der Waals surface area contributed by atoms with E-state index in [9.17, 15) is 4.79 Å². The van der Waals surface area contributed by atoms with Crippen LogP contribution in [0.5, 0.6) is 0 Å². The number of hydrogen-bond acceptors (Lipinski definition) is 5. The van der Waals surface area contributed by atoms with Gasteiger partial charge in [-0.3, -0.25) is 4.79 Å². The Hall–Kier alpha value is -2.40. The van der Waals surface area contributed by atoms with Crippen molar-refractivity contribution < 1.29 is 9.21 Å². The summed E-state index contributed by atoms with van der Waals surface area (Å²) in [5.74, 6) is 0.529. The fourth-order valence-electron chi connectivity index (χ4n) is 2.34. The Morgan fingerprint density at radius 3 is 2.46 bits per heavy atom. The Balaban J connectivity index is 1.73. The van der Waals surface area contributed by atoms with E-state index in [1.54, 1.807) is 0 Å². The molecule has 3 rings (SSSR count). The SMILES string of the molecule is Cc1ccc(C(=O)[C@H](C)Sc2nnc(-c3ccccc3C)o2)cc1. The van der Waals surface area contributed by atoms with Crippen LogP contribution in [-0.4, -0.2) is 21.2 Å². The van der Waals surface area contributed by atoms with Crippen molar-refractivity contribution in [3.05, 3.63) is 65.2 Å². The molecule has 0 saturated heterocycles. The summed E-state index contributed by atoms with van der Waals surface area (Å²) in [4.78, 5) is 12.5. The molecular formula is C19H18N2O2S. The normalized spacial score (nSPS) is 12.1. The predicted octanol–water partition coefficient (Wildman–Crippen LogP) is 4.72. The Kier molecular flexibility index (Phi) is 4.81. The number of nitrogens with zero attached hydrogens (tertiary/aromatic N) is 2. The number of hydrogen-bond donors (Lipinski definition) is 0. The third-order valence-corrected chi connectivity index (χ3v) is 4.70. The highest BCUT2D eigenvalue weighted by atomic mass is 32.2. The van der Waals surface area contributed by atoms with Crippen LogP contribution in [0, 0.1) is 13.8 Å². The second-order valence-corrected chi connectivity index (χ2v) is 6.97. The molecule has 1 heterocycles. The van der Waals surface area contributed by atoms with Crippen molar-refractivity contribution in [3.8, 4) is 11.5 Å². The van der Waals surface area contributed by atoms with Gasteiger partial charge < -0.3 is 4.42 Å². The maximum atomic E-state index is 12.5. The van der Waals surface area contributed by atoms with Crippen LogP contribution in [0.1, 0.15) is 28.4 Å². The van der Waals surface area contributed by atoms with Crippen LogP contribution in [-0.2, 0) is 0 Å². The van der Waals surface area contributed by atoms with Gasteiger partial charge in [-0.1, -0.05) is 59.8 Å². The fraction of sp³-hybridized carbons (Fsp3) is 0.211. The first-order valence-corrected chi connectivity index (χ1v) is 8.59. The van der Waals surface area contributed by atoms with Crippen LogP contribution in [0.15, 0.2) is 58.2 Å². The van der Waals surface area contributed by atoms with E-state index in [1.165, 1.54) is 11.8 Å². The van der Waals surface area contributed by atoms with Crippen LogP contribution in [0.3, 0.4) is 0 Å². The molecule has 0 N–H and O–H groups in total. The third kappa shape index (κ3) is 3.57. The van der Waals surface area contributed by atoms with E-state index in [1.807, 2.05) is 69.3 Å². The summed E-state index contributed by atoms with van der Waals surface area (Å²) >= 11 is 1.28. The molecule has 0 bridgehead atoms. The molecule has 1 atom stereocenters. The van der Waals surface area contributed by atoms with Gasteiger partial charge in [-0.2, -0.15) is 0 Å². The number of benzene rings is 2. The maximum Gasteiger partial charge on any atom is 0.277 e. The monoisotopic (exact) mass is 338 g/mol. The maximum absolute atomic E-state index is 12.5. The second kappa shape index (κ2) is 7.01. The predicted molar refractivity (Wildman–Crippen MR) is 95.3 cm³/mol. The molecule has 4 nitrogen and oxygen atoms in total. The molecular weight excluding hydrogens is 320 g/mol. The molecule has 0 radical (unpaired) electrons. The van der Waals surface area contributed by atoms with Gasteiger partial charge in [0, 0.05) is 11.1 Å². The number of ketones is 1. The summed E-state index contributed by atoms with van der Waals surface area (Å²) in [6.45, 7) is 5.85.